The second-order valence-electron chi connectivity index (χ2n) is 6.85. The number of amides is 1. The largest absolute Gasteiger partial charge is 0.363 e. The smallest absolute Gasteiger partial charge is 0.292 e. The minimum absolute atomic E-state index is 0.0494. The third kappa shape index (κ3) is 4.99. The molecule has 1 saturated heterocycles. The first-order chi connectivity index (χ1) is 13.4. The topological polar surface area (TPSA) is 78.7 Å². The Hall–Kier alpha value is -2.64. The fraction of sp³-hybridized carbons (Fsp3) is 0.350. The van der Waals surface area contributed by atoms with E-state index in [1.165, 1.54) is 6.07 Å². The summed E-state index contributed by atoms with van der Waals surface area (Å²) in [4.78, 5) is 27.3. The minimum atomic E-state index is -0.355. The van der Waals surface area contributed by atoms with Crippen LogP contribution in [0.25, 0.3) is 0 Å². The molecular weight excluding hydrogens is 380 g/mol. The first-order valence-corrected chi connectivity index (χ1v) is 9.57. The fourth-order valence-electron chi connectivity index (χ4n) is 3.38. The van der Waals surface area contributed by atoms with Gasteiger partial charge in [-0.2, -0.15) is 0 Å². The summed E-state index contributed by atoms with van der Waals surface area (Å²) in [6.45, 7) is 4.85. The Balaban J connectivity index is 1.52. The zero-order chi connectivity index (χ0) is 20.1. The number of anilines is 1. The maximum absolute atomic E-state index is 12.4. The lowest BCUT2D eigenvalue weighted by molar-refractivity contribution is -0.384. The normalized spacial score (nSPS) is 15.9. The van der Waals surface area contributed by atoms with Crippen LogP contribution in [0, 0.1) is 10.1 Å². The number of hydrogen-bond acceptors (Lipinski definition) is 5. The quantitative estimate of drug-likeness (QED) is 0.592. The van der Waals surface area contributed by atoms with Gasteiger partial charge in [-0.15, -0.1) is 0 Å². The molecule has 0 aliphatic carbocycles. The summed E-state index contributed by atoms with van der Waals surface area (Å²) >= 11 is 6.01. The second-order valence-corrected chi connectivity index (χ2v) is 7.29. The van der Waals surface area contributed by atoms with Gasteiger partial charge in [0.15, 0.2) is 0 Å². The number of nitro benzene ring substituents is 1. The molecule has 2 aromatic carbocycles. The van der Waals surface area contributed by atoms with Crippen molar-refractivity contribution in [3.05, 3.63) is 69.2 Å². The van der Waals surface area contributed by atoms with Crippen LogP contribution in [0.3, 0.4) is 0 Å². The van der Waals surface area contributed by atoms with Crippen LogP contribution in [0.15, 0.2) is 48.5 Å². The number of piperazine rings is 1. The summed E-state index contributed by atoms with van der Waals surface area (Å²) < 4.78 is 0. The number of nitrogens with zero attached hydrogens (tertiary/aromatic N) is 3. The van der Waals surface area contributed by atoms with Gasteiger partial charge >= 0.3 is 0 Å². The van der Waals surface area contributed by atoms with E-state index in [4.69, 9.17) is 11.6 Å². The van der Waals surface area contributed by atoms with Gasteiger partial charge in [0.05, 0.1) is 17.5 Å². The molecule has 1 amide bonds. The molecule has 3 rings (SSSR count). The second kappa shape index (κ2) is 9.03. The van der Waals surface area contributed by atoms with Crippen LogP contribution >= 0.6 is 11.6 Å². The lowest BCUT2D eigenvalue weighted by Gasteiger charge is -2.35. The van der Waals surface area contributed by atoms with E-state index >= 15 is 0 Å². The minimum Gasteiger partial charge on any atom is -0.363 e. The van der Waals surface area contributed by atoms with Crippen molar-refractivity contribution in [3.63, 3.8) is 0 Å². The van der Waals surface area contributed by atoms with E-state index in [0.29, 0.717) is 43.4 Å². The number of benzene rings is 2. The molecule has 1 aliphatic rings. The Morgan fingerprint density at radius 3 is 2.57 bits per heavy atom. The maximum Gasteiger partial charge on any atom is 0.292 e. The summed E-state index contributed by atoms with van der Waals surface area (Å²) in [5, 5.41) is 14.9. The van der Waals surface area contributed by atoms with Gasteiger partial charge in [0.1, 0.15) is 5.69 Å². The maximum atomic E-state index is 12.4. The Labute approximate surface area is 169 Å². The average molecular weight is 403 g/mol. The van der Waals surface area contributed by atoms with Crippen molar-refractivity contribution in [1.29, 1.82) is 0 Å². The molecular formula is C20H23ClN4O3. The van der Waals surface area contributed by atoms with E-state index in [9.17, 15) is 14.9 Å². The predicted octanol–water partition coefficient (Wildman–Crippen LogP) is 3.25. The van der Waals surface area contributed by atoms with Crippen molar-refractivity contribution < 1.29 is 9.72 Å². The molecule has 0 saturated carbocycles. The Morgan fingerprint density at radius 1 is 1.18 bits per heavy atom. The summed E-state index contributed by atoms with van der Waals surface area (Å²) in [7, 11) is 0. The number of hydrogen-bond donors (Lipinski definition) is 1. The molecule has 2 aromatic rings. The van der Waals surface area contributed by atoms with Gasteiger partial charge in [-0.25, -0.2) is 0 Å². The van der Waals surface area contributed by atoms with Crippen LogP contribution in [0.2, 0.25) is 5.02 Å². The van der Waals surface area contributed by atoms with Gasteiger partial charge in [-0.05, 0) is 30.7 Å². The van der Waals surface area contributed by atoms with E-state index in [2.05, 4.69) is 10.2 Å². The average Bonchev–Trinajstić information content (AvgIpc) is 2.68. The monoisotopic (exact) mass is 402 g/mol. The first-order valence-electron chi connectivity index (χ1n) is 9.19. The van der Waals surface area contributed by atoms with Gasteiger partial charge in [-0.1, -0.05) is 35.9 Å². The van der Waals surface area contributed by atoms with Gasteiger partial charge in [0.2, 0.25) is 5.91 Å². The van der Waals surface area contributed by atoms with Crippen LogP contribution in [-0.4, -0.2) is 48.5 Å². The molecule has 1 N–H and O–H groups in total. The van der Waals surface area contributed by atoms with Crippen LogP contribution in [0.5, 0.6) is 0 Å². The van der Waals surface area contributed by atoms with Gasteiger partial charge in [0, 0.05) is 37.3 Å². The first kappa shape index (κ1) is 20.1. The van der Waals surface area contributed by atoms with E-state index < -0.39 is 0 Å². The molecule has 8 heteroatoms. The van der Waals surface area contributed by atoms with Crippen molar-refractivity contribution in [2.75, 3.05) is 37.6 Å². The lowest BCUT2D eigenvalue weighted by Crippen LogP contribution is -2.49. The third-order valence-electron chi connectivity index (χ3n) is 4.88. The summed E-state index contributed by atoms with van der Waals surface area (Å²) in [6.07, 6.45) is 0. The van der Waals surface area contributed by atoms with Crippen molar-refractivity contribution in [3.8, 4) is 0 Å². The standard InChI is InChI=1S/C20H23ClN4O3/c1-15(16-5-4-6-17(21)13-16)22-20(26)14-23-9-11-24(12-10-23)18-7-2-3-8-19(18)25(27)28/h2-8,13,15H,9-12,14H2,1H3,(H,22,26). The summed E-state index contributed by atoms with van der Waals surface area (Å²) in [5.41, 5.74) is 1.71. The molecule has 28 heavy (non-hydrogen) atoms. The van der Waals surface area contributed by atoms with E-state index in [1.54, 1.807) is 24.3 Å². The third-order valence-corrected chi connectivity index (χ3v) is 5.12. The number of para-hydroxylation sites is 2. The van der Waals surface area contributed by atoms with Crippen LogP contribution in [-0.2, 0) is 4.79 Å². The number of carbonyl (C=O) groups is 1. The Morgan fingerprint density at radius 2 is 1.89 bits per heavy atom. The Bertz CT molecular complexity index is 853. The molecule has 7 nitrogen and oxygen atoms in total. The summed E-state index contributed by atoms with van der Waals surface area (Å²) in [6, 6.07) is 14.1. The van der Waals surface area contributed by atoms with Gasteiger partial charge < -0.3 is 10.2 Å². The highest BCUT2D eigenvalue weighted by molar-refractivity contribution is 6.30. The molecule has 148 valence electrons. The number of nitrogens with one attached hydrogen (secondary N) is 1. The van der Waals surface area contributed by atoms with Crippen LogP contribution in [0.1, 0.15) is 18.5 Å². The molecule has 1 heterocycles. The number of nitro groups is 1. The molecule has 0 spiro atoms. The molecule has 1 aliphatic heterocycles. The number of halogens is 1. The van der Waals surface area contributed by atoms with E-state index in [0.717, 1.165) is 5.56 Å². The van der Waals surface area contributed by atoms with Crippen molar-refractivity contribution in [2.24, 2.45) is 0 Å². The summed E-state index contributed by atoms with van der Waals surface area (Å²) in [5.74, 6) is -0.0494. The highest BCUT2D eigenvalue weighted by Gasteiger charge is 2.24. The molecule has 0 radical (unpaired) electrons. The van der Waals surface area contributed by atoms with Gasteiger partial charge in [-0.3, -0.25) is 19.8 Å². The number of carbonyl (C=O) groups excluding carboxylic acids is 1. The predicted molar refractivity (Wildman–Crippen MR) is 110 cm³/mol. The van der Waals surface area contributed by atoms with E-state index in [-0.39, 0.29) is 22.6 Å². The highest BCUT2D eigenvalue weighted by atomic mass is 35.5. The van der Waals surface area contributed by atoms with Crippen LogP contribution in [0.4, 0.5) is 11.4 Å². The molecule has 0 bridgehead atoms. The SMILES string of the molecule is CC(NC(=O)CN1CCN(c2ccccc2[N+](=O)[O-])CC1)c1cccc(Cl)c1. The fourth-order valence-corrected chi connectivity index (χ4v) is 3.58. The van der Waals surface area contributed by atoms with Crippen molar-refractivity contribution in [1.82, 2.24) is 10.2 Å². The highest BCUT2D eigenvalue weighted by Crippen LogP contribution is 2.28. The van der Waals surface area contributed by atoms with Crippen LogP contribution < -0.4 is 10.2 Å². The van der Waals surface area contributed by atoms with Crippen molar-refractivity contribution >= 4 is 28.9 Å². The molecule has 0 aromatic heterocycles. The van der Waals surface area contributed by atoms with Gasteiger partial charge in [0.25, 0.3) is 5.69 Å². The zero-order valence-electron chi connectivity index (χ0n) is 15.7. The number of rotatable bonds is 6. The molecule has 1 fully saturated rings. The van der Waals surface area contributed by atoms with E-state index in [1.807, 2.05) is 30.0 Å². The lowest BCUT2D eigenvalue weighted by atomic mass is 10.1. The molecule has 1 atom stereocenters. The van der Waals surface area contributed by atoms with Crippen molar-refractivity contribution in [2.45, 2.75) is 13.0 Å². The molecule has 1 unspecified atom stereocenters. The zero-order valence-corrected chi connectivity index (χ0v) is 16.4. The Kier molecular flexibility index (Phi) is 6.49.